The number of carboxylic acid groups (broad SMARTS) is 1. The zero-order valence-electron chi connectivity index (χ0n) is 20.7. The van der Waals surface area contributed by atoms with E-state index in [1.807, 2.05) is 0 Å². The Labute approximate surface area is 196 Å². The second kappa shape index (κ2) is 28.3. The molecule has 0 heterocycles. The van der Waals surface area contributed by atoms with Gasteiger partial charge in [-0.15, -0.1) is 0 Å². The van der Waals surface area contributed by atoms with Crippen molar-refractivity contribution in [1.29, 1.82) is 0 Å². The number of carboxylic acids is 1. The molecular weight excluding hydrogens is 412 g/mol. The van der Waals surface area contributed by atoms with E-state index in [0.717, 1.165) is 13.0 Å². The number of unbranched alkanes of at least 4 members (excludes halogenated alkanes) is 12. The van der Waals surface area contributed by atoms with Crippen molar-refractivity contribution in [2.45, 2.75) is 90.4 Å². The standard InChI is InChI=1S/C25H50O7/c1-2-3-4-5-6-7-8-9-10-11-12-13-14-15-28-16-17-29-18-19-30-20-21-31-22-23-32-24-25(26)27/h2-24H2,1H3,(H,26,27). The molecule has 0 saturated carbocycles. The van der Waals surface area contributed by atoms with Crippen LogP contribution < -0.4 is 0 Å². The lowest BCUT2D eigenvalue weighted by Crippen LogP contribution is -2.14. The predicted molar refractivity (Wildman–Crippen MR) is 127 cm³/mol. The first-order valence-corrected chi connectivity index (χ1v) is 12.9. The molecule has 0 saturated heterocycles. The molecule has 0 atom stereocenters. The Hall–Kier alpha value is -0.730. The van der Waals surface area contributed by atoms with Gasteiger partial charge in [0, 0.05) is 6.61 Å². The summed E-state index contributed by atoms with van der Waals surface area (Å²) < 4.78 is 26.6. The Morgan fingerprint density at radius 2 is 0.781 bits per heavy atom. The Kier molecular flexibility index (Phi) is 27.7. The number of hydrogen-bond acceptors (Lipinski definition) is 6. The molecule has 192 valence electrons. The Bertz CT molecular complexity index is 366. The first-order valence-electron chi connectivity index (χ1n) is 12.9. The van der Waals surface area contributed by atoms with Gasteiger partial charge in [-0.2, -0.15) is 0 Å². The van der Waals surface area contributed by atoms with E-state index in [9.17, 15) is 4.79 Å². The van der Waals surface area contributed by atoms with Crippen LogP contribution in [-0.2, 0) is 28.5 Å². The van der Waals surface area contributed by atoms with Gasteiger partial charge in [0.25, 0.3) is 0 Å². The van der Waals surface area contributed by atoms with Gasteiger partial charge in [0.05, 0.1) is 52.9 Å². The summed E-state index contributed by atoms with van der Waals surface area (Å²) in [7, 11) is 0. The van der Waals surface area contributed by atoms with Crippen LogP contribution in [-0.4, -0.2) is 77.1 Å². The van der Waals surface area contributed by atoms with Crippen molar-refractivity contribution in [2.24, 2.45) is 0 Å². The van der Waals surface area contributed by atoms with Crippen LogP contribution in [0.1, 0.15) is 90.4 Å². The third kappa shape index (κ3) is 29.3. The lowest BCUT2D eigenvalue weighted by molar-refractivity contribution is -0.142. The molecule has 0 radical (unpaired) electrons. The Morgan fingerprint density at radius 3 is 1.16 bits per heavy atom. The van der Waals surface area contributed by atoms with Crippen LogP contribution in [0.3, 0.4) is 0 Å². The topological polar surface area (TPSA) is 83.5 Å². The van der Waals surface area contributed by atoms with Gasteiger partial charge in [-0.1, -0.05) is 84.0 Å². The molecule has 0 unspecified atom stereocenters. The maximum absolute atomic E-state index is 10.2. The minimum absolute atomic E-state index is 0.273. The van der Waals surface area contributed by atoms with Crippen molar-refractivity contribution >= 4 is 5.97 Å². The minimum Gasteiger partial charge on any atom is -0.480 e. The zero-order chi connectivity index (χ0) is 23.4. The second-order valence-corrected chi connectivity index (χ2v) is 8.14. The molecule has 1 N–H and O–H groups in total. The largest absolute Gasteiger partial charge is 0.480 e. The first-order chi connectivity index (χ1) is 15.8. The molecule has 0 aromatic carbocycles. The van der Waals surface area contributed by atoms with E-state index in [1.165, 1.54) is 77.0 Å². The van der Waals surface area contributed by atoms with E-state index < -0.39 is 5.97 Å². The molecule has 0 aliphatic rings. The van der Waals surface area contributed by atoms with Crippen LogP contribution >= 0.6 is 0 Å². The molecule has 0 fully saturated rings. The molecule has 7 nitrogen and oxygen atoms in total. The van der Waals surface area contributed by atoms with E-state index >= 15 is 0 Å². The molecule has 0 aromatic rings. The lowest BCUT2D eigenvalue weighted by atomic mass is 10.0. The summed E-state index contributed by atoms with van der Waals surface area (Å²) in [5.74, 6) is -0.974. The first kappa shape index (κ1) is 31.3. The molecule has 0 aromatic heterocycles. The third-order valence-corrected chi connectivity index (χ3v) is 5.11. The van der Waals surface area contributed by atoms with E-state index in [-0.39, 0.29) is 13.2 Å². The van der Waals surface area contributed by atoms with Gasteiger partial charge in [-0.05, 0) is 6.42 Å². The molecule has 7 heteroatoms. The highest BCUT2D eigenvalue weighted by molar-refractivity contribution is 5.67. The smallest absolute Gasteiger partial charge is 0.329 e. The van der Waals surface area contributed by atoms with Gasteiger partial charge in [0.1, 0.15) is 6.61 Å². The number of carbonyl (C=O) groups is 1. The second-order valence-electron chi connectivity index (χ2n) is 8.14. The number of aliphatic carboxylic acids is 1. The fraction of sp³-hybridized carbons (Fsp3) is 0.960. The summed E-state index contributed by atoms with van der Waals surface area (Å²) in [6.07, 6.45) is 17.7. The van der Waals surface area contributed by atoms with E-state index in [2.05, 4.69) is 6.92 Å². The van der Waals surface area contributed by atoms with E-state index in [0.29, 0.717) is 46.2 Å². The molecule has 0 aliphatic carbocycles. The monoisotopic (exact) mass is 462 g/mol. The highest BCUT2D eigenvalue weighted by atomic mass is 16.6. The molecule has 0 bridgehead atoms. The number of ether oxygens (including phenoxy) is 5. The predicted octanol–water partition coefficient (Wildman–Crippen LogP) is 5.25. The van der Waals surface area contributed by atoms with Crippen molar-refractivity contribution in [1.82, 2.24) is 0 Å². The summed E-state index contributed by atoms with van der Waals surface area (Å²) in [6.45, 7) is 6.69. The van der Waals surface area contributed by atoms with Crippen molar-refractivity contribution in [3.63, 3.8) is 0 Å². The van der Waals surface area contributed by atoms with Crippen LogP contribution in [0.5, 0.6) is 0 Å². The number of rotatable bonds is 28. The van der Waals surface area contributed by atoms with Gasteiger partial charge in [-0.3, -0.25) is 0 Å². The molecule has 32 heavy (non-hydrogen) atoms. The summed E-state index contributed by atoms with van der Waals surface area (Å²) in [5, 5.41) is 8.40. The average molecular weight is 463 g/mol. The highest BCUT2D eigenvalue weighted by Crippen LogP contribution is 2.12. The highest BCUT2D eigenvalue weighted by Gasteiger charge is 1.97. The zero-order valence-corrected chi connectivity index (χ0v) is 20.7. The van der Waals surface area contributed by atoms with E-state index in [4.69, 9.17) is 28.8 Å². The summed E-state index contributed by atoms with van der Waals surface area (Å²) in [5.41, 5.74) is 0. The maximum Gasteiger partial charge on any atom is 0.329 e. The Morgan fingerprint density at radius 1 is 0.469 bits per heavy atom. The molecular formula is C25H50O7. The van der Waals surface area contributed by atoms with Gasteiger partial charge in [0.15, 0.2) is 0 Å². The number of hydrogen-bond donors (Lipinski definition) is 1. The summed E-state index contributed by atoms with van der Waals surface area (Å²) >= 11 is 0. The Balaban J connectivity index is 3.00. The van der Waals surface area contributed by atoms with Crippen LogP contribution in [0.2, 0.25) is 0 Å². The van der Waals surface area contributed by atoms with Crippen molar-refractivity contribution in [3.8, 4) is 0 Å². The van der Waals surface area contributed by atoms with Crippen LogP contribution in [0.15, 0.2) is 0 Å². The van der Waals surface area contributed by atoms with Crippen LogP contribution in [0.4, 0.5) is 0 Å². The van der Waals surface area contributed by atoms with Gasteiger partial charge < -0.3 is 28.8 Å². The van der Waals surface area contributed by atoms with Crippen LogP contribution in [0, 0.1) is 0 Å². The van der Waals surface area contributed by atoms with Gasteiger partial charge >= 0.3 is 5.97 Å². The van der Waals surface area contributed by atoms with Gasteiger partial charge in [-0.25, -0.2) is 4.79 Å². The molecule has 0 rings (SSSR count). The molecule has 0 aliphatic heterocycles. The van der Waals surface area contributed by atoms with Gasteiger partial charge in [0.2, 0.25) is 0 Å². The minimum atomic E-state index is -0.974. The summed E-state index contributed by atoms with van der Waals surface area (Å²) in [4.78, 5) is 10.2. The van der Waals surface area contributed by atoms with Crippen molar-refractivity contribution in [2.75, 3.05) is 66.1 Å². The van der Waals surface area contributed by atoms with E-state index in [1.54, 1.807) is 0 Å². The van der Waals surface area contributed by atoms with Crippen molar-refractivity contribution in [3.05, 3.63) is 0 Å². The van der Waals surface area contributed by atoms with Crippen molar-refractivity contribution < 1.29 is 33.6 Å². The fourth-order valence-electron chi connectivity index (χ4n) is 3.26. The quantitative estimate of drug-likeness (QED) is 0.159. The third-order valence-electron chi connectivity index (χ3n) is 5.11. The molecule has 0 spiro atoms. The average Bonchev–Trinajstić information content (AvgIpc) is 2.78. The molecule has 0 amide bonds. The lowest BCUT2D eigenvalue weighted by Gasteiger charge is -2.07. The van der Waals surface area contributed by atoms with Crippen LogP contribution in [0.25, 0.3) is 0 Å². The summed E-state index contributed by atoms with van der Waals surface area (Å²) in [6, 6.07) is 0. The maximum atomic E-state index is 10.2. The SMILES string of the molecule is CCCCCCCCCCCCCCCOCCOCCOCCOCCOCC(=O)O. The normalized spacial score (nSPS) is 11.3. The fourth-order valence-corrected chi connectivity index (χ4v) is 3.26.